The molecule has 0 amide bonds. The minimum absolute atomic E-state index is 0.335. The van der Waals surface area contributed by atoms with Crippen LogP contribution < -0.4 is 5.32 Å². The molecular formula is C16H22BrNO2. The summed E-state index contributed by atoms with van der Waals surface area (Å²) < 4.78 is 0.795. The van der Waals surface area contributed by atoms with Gasteiger partial charge in [-0.3, -0.25) is 0 Å². The molecule has 2 rings (SSSR count). The van der Waals surface area contributed by atoms with Gasteiger partial charge in [0.05, 0.1) is 5.56 Å². The predicted octanol–water partition coefficient (Wildman–Crippen LogP) is 4.78. The molecule has 0 spiro atoms. The largest absolute Gasteiger partial charge is 0.478 e. The summed E-state index contributed by atoms with van der Waals surface area (Å²) in [5, 5.41) is 12.6. The van der Waals surface area contributed by atoms with Gasteiger partial charge >= 0.3 is 5.97 Å². The number of carbonyl (C=O) groups is 1. The topological polar surface area (TPSA) is 49.3 Å². The minimum Gasteiger partial charge on any atom is -0.478 e. The molecule has 0 radical (unpaired) electrons. The van der Waals surface area contributed by atoms with Gasteiger partial charge in [0, 0.05) is 16.7 Å². The number of carboxylic acid groups (broad SMARTS) is 1. The highest BCUT2D eigenvalue weighted by Crippen LogP contribution is 2.31. The van der Waals surface area contributed by atoms with E-state index < -0.39 is 5.97 Å². The zero-order valence-corrected chi connectivity index (χ0v) is 13.4. The molecule has 0 heterocycles. The first-order valence-corrected chi connectivity index (χ1v) is 8.16. The second-order valence-electron chi connectivity index (χ2n) is 5.67. The van der Waals surface area contributed by atoms with Crippen molar-refractivity contribution in [3.05, 3.63) is 28.2 Å². The fourth-order valence-electron chi connectivity index (χ4n) is 2.95. The van der Waals surface area contributed by atoms with E-state index in [1.54, 1.807) is 6.07 Å². The molecule has 2 N–H and O–H groups in total. The molecule has 110 valence electrons. The van der Waals surface area contributed by atoms with Crippen LogP contribution in [0.4, 0.5) is 5.69 Å². The SMILES string of the molecule is CCC1CCC(CNc2ccc(Br)cc2C(=O)O)CC1. The summed E-state index contributed by atoms with van der Waals surface area (Å²) in [6.45, 7) is 3.14. The Morgan fingerprint density at radius 1 is 1.30 bits per heavy atom. The van der Waals surface area contributed by atoms with Crippen LogP contribution in [0.2, 0.25) is 0 Å². The van der Waals surface area contributed by atoms with Crippen LogP contribution in [0.1, 0.15) is 49.4 Å². The maximum Gasteiger partial charge on any atom is 0.337 e. The molecule has 0 bridgehead atoms. The van der Waals surface area contributed by atoms with Crippen molar-refractivity contribution in [3.8, 4) is 0 Å². The van der Waals surface area contributed by atoms with Gasteiger partial charge in [-0.2, -0.15) is 0 Å². The molecule has 0 unspecified atom stereocenters. The molecule has 3 nitrogen and oxygen atoms in total. The lowest BCUT2D eigenvalue weighted by Crippen LogP contribution is -2.21. The highest BCUT2D eigenvalue weighted by molar-refractivity contribution is 9.10. The molecule has 1 aliphatic rings. The third kappa shape index (κ3) is 3.98. The summed E-state index contributed by atoms with van der Waals surface area (Å²) in [5.41, 5.74) is 1.06. The summed E-state index contributed by atoms with van der Waals surface area (Å²) >= 11 is 3.32. The first-order valence-electron chi connectivity index (χ1n) is 7.36. The minimum atomic E-state index is -0.886. The van der Waals surface area contributed by atoms with Gasteiger partial charge in [-0.05, 0) is 42.9 Å². The van der Waals surface area contributed by atoms with Crippen molar-refractivity contribution in [1.29, 1.82) is 0 Å². The van der Waals surface area contributed by atoms with Gasteiger partial charge in [-0.25, -0.2) is 4.79 Å². The lowest BCUT2D eigenvalue weighted by atomic mass is 9.81. The predicted molar refractivity (Wildman–Crippen MR) is 85.3 cm³/mol. The third-order valence-electron chi connectivity index (χ3n) is 4.34. The normalized spacial score (nSPS) is 22.5. The fraction of sp³-hybridized carbons (Fsp3) is 0.562. The van der Waals surface area contributed by atoms with Crippen molar-refractivity contribution in [1.82, 2.24) is 0 Å². The lowest BCUT2D eigenvalue weighted by Gasteiger charge is -2.28. The zero-order valence-electron chi connectivity index (χ0n) is 11.9. The molecule has 1 aromatic carbocycles. The summed E-state index contributed by atoms with van der Waals surface area (Å²) in [4.78, 5) is 11.2. The van der Waals surface area contributed by atoms with Crippen LogP contribution in [-0.4, -0.2) is 17.6 Å². The van der Waals surface area contributed by atoms with E-state index >= 15 is 0 Å². The van der Waals surface area contributed by atoms with Crippen LogP contribution in [0.5, 0.6) is 0 Å². The number of aromatic carboxylic acids is 1. The van der Waals surface area contributed by atoms with Crippen molar-refractivity contribution >= 4 is 27.6 Å². The standard InChI is InChI=1S/C16H22BrNO2/c1-2-11-3-5-12(6-4-11)10-18-15-8-7-13(17)9-14(15)16(19)20/h7-9,11-12,18H,2-6,10H2,1H3,(H,19,20). The Morgan fingerprint density at radius 2 is 1.95 bits per heavy atom. The first kappa shape index (κ1) is 15.4. The van der Waals surface area contributed by atoms with Crippen LogP contribution in [0, 0.1) is 11.8 Å². The molecule has 1 saturated carbocycles. The van der Waals surface area contributed by atoms with E-state index in [-0.39, 0.29) is 0 Å². The Kier molecular flexibility index (Phi) is 5.46. The Bertz CT molecular complexity index is 468. The van der Waals surface area contributed by atoms with Crippen molar-refractivity contribution in [3.63, 3.8) is 0 Å². The van der Waals surface area contributed by atoms with Gasteiger partial charge < -0.3 is 10.4 Å². The van der Waals surface area contributed by atoms with E-state index in [1.165, 1.54) is 32.1 Å². The van der Waals surface area contributed by atoms with Crippen LogP contribution in [0.25, 0.3) is 0 Å². The quantitative estimate of drug-likeness (QED) is 0.811. The van der Waals surface area contributed by atoms with E-state index in [2.05, 4.69) is 28.2 Å². The highest BCUT2D eigenvalue weighted by atomic mass is 79.9. The maximum absolute atomic E-state index is 11.2. The van der Waals surface area contributed by atoms with Crippen molar-refractivity contribution in [2.45, 2.75) is 39.0 Å². The number of benzene rings is 1. The van der Waals surface area contributed by atoms with Crippen LogP contribution >= 0.6 is 15.9 Å². The Hall–Kier alpha value is -1.03. The molecule has 0 saturated heterocycles. The second kappa shape index (κ2) is 7.11. The number of nitrogens with one attached hydrogen (secondary N) is 1. The van der Waals surface area contributed by atoms with Crippen LogP contribution in [0.15, 0.2) is 22.7 Å². The second-order valence-corrected chi connectivity index (χ2v) is 6.59. The average Bonchev–Trinajstić information content (AvgIpc) is 2.46. The molecule has 1 fully saturated rings. The Labute approximate surface area is 128 Å². The van der Waals surface area contributed by atoms with E-state index in [1.807, 2.05) is 12.1 Å². The first-order chi connectivity index (χ1) is 9.60. The number of hydrogen-bond acceptors (Lipinski definition) is 2. The molecule has 1 aromatic rings. The van der Waals surface area contributed by atoms with Crippen molar-refractivity contribution in [2.75, 3.05) is 11.9 Å². The van der Waals surface area contributed by atoms with Gasteiger partial charge in [-0.15, -0.1) is 0 Å². The van der Waals surface area contributed by atoms with E-state index in [0.717, 1.165) is 22.6 Å². The lowest BCUT2D eigenvalue weighted by molar-refractivity contribution is 0.0698. The van der Waals surface area contributed by atoms with Crippen LogP contribution in [0.3, 0.4) is 0 Å². The molecule has 4 heteroatoms. The number of rotatable bonds is 5. The zero-order chi connectivity index (χ0) is 14.5. The van der Waals surface area contributed by atoms with E-state index in [9.17, 15) is 9.90 Å². The van der Waals surface area contributed by atoms with Crippen molar-refractivity contribution < 1.29 is 9.90 Å². The summed E-state index contributed by atoms with van der Waals surface area (Å²) in [6.07, 6.45) is 6.43. The molecular weight excluding hydrogens is 318 g/mol. The van der Waals surface area contributed by atoms with Crippen LogP contribution in [-0.2, 0) is 0 Å². The number of hydrogen-bond donors (Lipinski definition) is 2. The summed E-state index contributed by atoms with van der Waals surface area (Å²) in [6, 6.07) is 5.37. The van der Waals surface area contributed by atoms with Gasteiger partial charge in [0.15, 0.2) is 0 Å². The van der Waals surface area contributed by atoms with Gasteiger partial charge in [0.25, 0.3) is 0 Å². The Balaban J connectivity index is 1.93. The molecule has 0 aromatic heterocycles. The average molecular weight is 340 g/mol. The van der Waals surface area contributed by atoms with Crippen molar-refractivity contribution in [2.24, 2.45) is 11.8 Å². The summed E-state index contributed by atoms with van der Waals surface area (Å²) in [5.74, 6) is 0.681. The summed E-state index contributed by atoms with van der Waals surface area (Å²) in [7, 11) is 0. The number of carboxylic acids is 1. The van der Waals surface area contributed by atoms with Gasteiger partial charge in [0.2, 0.25) is 0 Å². The number of halogens is 1. The Morgan fingerprint density at radius 3 is 2.55 bits per heavy atom. The van der Waals surface area contributed by atoms with Gasteiger partial charge in [0.1, 0.15) is 0 Å². The van der Waals surface area contributed by atoms with E-state index in [0.29, 0.717) is 11.5 Å². The third-order valence-corrected chi connectivity index (χ3v) is 4.83. The monoisotopic (exact) mass is 339 g/mol. The smallest absolute Gasteiger partial charge is 0.337 e. The van der Waals surface area contributed by atoms with E-state index in [4.69, 9.17) is 0 Å². The highest BCUT2D eigenvalue weighted by Gasteiger charge is 2.20. The molecule has 0 atom stereocenters. The molecule has 20 heavy (non-hydrogen) atoms. The maximum atomic E-state index is 11.2. The van der Waals surface area contributed by atoms with Gasteiger partial charge in [-0.1, -0.05) is 42.1 Å². The number of anilines is 1. The fourth-order valence-corrected chi connectivity index (χ4v) is 3.31. The molecule has 1 aliphatic carbocycles. The molecule has 0 aliphatic heterocycles.